The zero-order valence-electron chi connectivity index (χ0n) is 10.2. The molecule has 0 aromatic heterocycles. The monoisotopic (exact) mass is 228 g/mol. The third-order valence-corrected chi connectivity index (χ3v) is 3.10. The second kappa shape index (κ2) is 7.63. The fourth-order valence-corrected chi connectivity index (χ4v) is 2.00. The average molecular weight is 228 g/mol. The van der Waals surface area contributed by atoms with E-state index < -0.39 is 0 Å². The number of amides is 1. The van der Waals surface area contributed by atoms with Gasteiger partial charge in [-0.05, 0) is 38.1 Å². The number of rotatable bonds is 6. The van der Waals surface area contributed by atoms with Crippen molar-refractivity contribution in [2.75, 3.05) is 19.7 Å². The van der Waals surface area contributed by atoms with E-state index in [0.717, 1.165) is 38.8 Å². The predicted molar refractivity (Wildman–Crippen MR) is 64.1 cm³/mol. The first-order chi connectivity index (χ1) is 7.72. The van der Waals surface area contributed by atoms with Crippen molar-refractivity contribution in [1.82, 2.24) is 10.6 Å². The Bertz CT molecular complexity index is 209. The fourth-order valence-electron chi connectivity index (χ4n) is 2.00. The third kappa shape index (κ3) is 5.47. The van der Waals surface area contributed by atoms with Crippen LogP contribution in [0.5, 0.6) is 0 Å². The molecule has 0 saturated carbocycles. The fraction of sp³-hybridized carbons (Fsp3) is 0.917. The standard InChI is InChI=1S/C12H24N2O2/c1-10(9-15)4-2-6-13-11-5-3-7-14-12(16)8-11/h10-11,13,15H,2-9H2,1H3,(H,14,16). The zero-order valence-corrected chi connectivity index (χ0v) is 10.2. The second-order valence-corrected chi connectivity index (χ2v) is 4.78. The first kappa shape index (κ1) is 13.5. The summed E-state index contributed by atoms with van der Waals surface area (Å²) in [5.74, 6) is 0.554. The van der Waals surface area contributed by atoms with Crippen LogP contribution in [0.2, 0.25) is 0 Å². The average Bonchev–Trinajstić information content (AvgIpc) is 2.48. The Morgan fingerprint density at radius 1 is 1.62 bits per heavy atom. The van der Waals surface area contributed by atoms with Crippen molar-refractivity contribution in [3.63, 3.8) is 0 Å². The summed E-state index contributed by atoms with van der Waals surface area (Å²) >= 11 is 0. The quantitative estimate of drug-likeness (QED) is 0.585. The molecule has 16 heavy (non-hydrogen) atoms. The molecule has 1 rings (SSSR count). The summed E-state index contributed by atoms with van der Waals surface area (Å²) in [5.41, 5.74) is 0. The molecule has 2 unspecified atom stereocenters. The molecule has 2 atom stereocenters. The van der Waals surface area contributed by atoms with Gasteiger partial charge in [-0.1, -0.05) is 6.92 Å². The molecule has 1 amide bonds. The molecule has 4 heteroatoms. The van der Waals surface area contributed by atoms with Crippen LogP contribution in [0.3, 0.4) is 0 Å². The molecule has 0 radical (unpaired) electrons. The van der Waals surface area contributed by atoms with Crippen LogP contribution >= 0.6 is 0 Å². The highest BCUT2D eigenvalue weighted by Crippen LogP contribution is 2.07. The summed E-state index contributed by atoms with van der Waals surface area (Å²) in [6, 6.07) is 0.340. The summed E-state index contributed by atoms with van der Waals surface area (Å²) in [5, 5.41) is 15.2. The van der Waals surface area contributed by atoms with Crippen LogP contribution in [0.15, 0.2) is 0 Å². The van der Waals surface area contributed by atoms with E-state index in [1.165, 1.54) is 0 Å². The Labute approximate surface area is 97.8 Å². The minimum atomic E-state index is 0.165. The maximum absolute atomic E-state index is 11.3. The lowest BCUT2D eigenvalue weighted by Gasteiger charge is -2.15. The SMILES string of the molecule is CC(CO)CCCNC1CCCNC(=O)C1. The molecule has 1 heterocycles. The molecule has 1 saturated heterocycles. The van der Waals surface area contributed by atoms with Crippen LogP contribution in [0.4, 0.5) is 0 Å². The molecule has 0 aromatic rings. The number of hydrogen-bond acceptors (Lipinski definition) is 3. The Morgan fingerprint density at radius 2 is 2.44 bits per heavy atom. The van der Waals surface area contributed by atoms with Crippen LogP contribution in [0, 0.1) is 5.92 Å². The summed E-state index contributed by atoms with van der Waals surface area (Å²) in [7, 11) is 0. The highest BCUT2D eigenvalue weighted by Gasteiger charge is 2.16. The maximum atomic E-state index is 11.3. The van der Waals surface area contributed by atoms with Crippen molar-refractivity contribution in [3.05, 3.63) is 0 Å². The van der Waals surface area contributed by atoms with Crippen LogP contribution in [-0.2, 0) is 4.79 Å². The lowest BCUT2D eigenvalue weighted by molar-refractivity contribution is -0.121. The molecule has 1 aliphatic heterocycles. The predicted octanol–water partition coefficient (Wildman–Crippen LogP) is 0.653. The first-order valence-electron chi connectivity index (χ1n) is 6.33. The van der Waals surface area contributed by atoms with Crippen molar-refractivity contribution >= 4 is 5.91 Å². The number of carbonyl (C=O) groups excluding carboxylic acids is 1. The Hall–Kier alpha value is -0.610. The van der Waals surface area contributed by atoms with Gasteiger partial charge in [0, 0.05) is 25.6 Å². The molecule has 1 aliphatic rings. The lowest BCUT2D eigenvalue weighted by atomic mass is 10.1. The normalized spacial score (nSPS) is 23.6. The highest BCUT2D eigenvalue weighted by atomic mass is 16.3. The largest absolute Gasteiger partial charge is 0.396 e. The molecule has 0 aromatic carbocycles. The molecular formula is C12H24N2O2. The molecule has 0 spiro atoms. The highest BCUT2D eigenvalue weighted by molar-refractivity contribution is 5.76. The van der Waals surface area contributed by atoms with E-state index in [1.54, 1.807) is 0 Å². The Balaban J connectivity index is 2.09. The van der Waals surface area contributed by atoms with E-state index in [-0.39, 0.29) is 12.5 Å². The van der Waals surface area contributed by atoms with Gasteiger partial charge in [0.25, 0.3) is 0 Å². The molecular weight excluding hydrogens is 204 g/mol. The Kier molecular flexibility index (Phi) is 6.42. The van der Waals surface area contributed by atoms with E-state index in [0.29, 0.717) is 18.4 Å². The summed E-state index contributed by atoms with van der Waals surface area (Å²) in [6.45, 7) is 4.09. The number of nitrogens with one attached hydrogen (secondary N) is 2. The van der Waals surface area contributed by atoms with Gasteiger partial charge in [0.15, 0.2) is 0 Å². The molecule has 0 aliphatic carbocycles. The summed E-state index contributed by atoms with van der Waals surface area (Å²) < 4.78 is 0. The summed E-state index contributed by atoms with van der Waals surface area (Å²) in [6.07, 6.45) is 4.86. The minimum Gasteiger partial charge on any atom is -0.396 e. The van der Waals surface area contributed by atoms with Gasteiger partial charge in [-0.2, -0.15) is 0 Å². The molecule has 1 fully saturated rings. The van der Waals surface area contributed by atoms with Gasteiger partial charge >= 0.3 is 0 Å². The van der Waals surface area contributed by atoms with Gasteiger partial charge in [0.1, 0.15) is 0 Å². The number of aliphatic hydroxyl groups excluding tert-OH is 1. The third-order valence-electron chi connectivity index (χ3n) is 3.10. The van der Waals surface area contributed by atoms with Crippen molar-refractivity contribution < 1.29 is 9.90 Å². The molecule has 0 bridgehead atoms. The number of hydrogen-bond donors (Lipinski definition) is 3. The zero-order chi connectivity index (χ0) is 11.8. The van der Waals surface area contributed by atoms with Gasteiger partial charge in [-0.15, -0.1) is 0 Å². The lowest BCUT2D eigenvalue weighted by Crippen LogP contribution is -2.33. The van der Waals surface area contributed by atoms with Gasteiger partial charge < -0.3 is 15.7 Å². The minimum absolute atomic E-state index is 0.165. The topological polar surface area (TPSA) is 61.4 Å². The smallest absolute Gasteiger partial charge is 0.221 e. The van der Waals surface area contributed by atoms with Crippen LogP contribution < -0.4 is 10.6 Å². The van der Waals surface area contributed by atoms with E-state index in [1.807, 2.05) is 0 Å². The molecule has 4 nitrogen and oxygen atoms in total. The van der Waals surface area contributed by atoms with Gasteiger partial charge in [0.2, 0.25) is 5.91 Å². The van der Waals surface area contributed by atoms with E-state index >= 15 is 0 Å². The van der Waals surface area contributed by atoms with E-state index in [4.69, 9.17) is 5.11 Å². The first-order valence-corrected chi connectivity index (χ1v) is 6.33. The second-order valence-electron chi connectivity index (χ2n) is 4.78. The van der Waals surface area contributed by atoms with E-state index in [9.17, 15) is 4.79 Å². The molecule has 94 valence electrons. The van der Waals surface area contributed by atoms with Crippen molar-refractivity contribution in [3.8, 4) is 0 Å². The van der Waals surface area contributed by atoms with Crippen molar-refractivity contribution in [2.45, 2.75) is 45.1 Å². The summed E-state index contributed by atoms with van der Waals surface area (Å²) in [4.78, 5) is 11.3. The molecule has 3 N–H and O–H groups in total. The van der Waals surface area contributed by atoms with Crippen molar-refractivity contribution in [1.29, 1.82) is 0 Å². The number of carbonyl (C=O) groups is 1. The van der Waals surface area contributed by atoms with Crippen LogP contribution in [0.25, 0.3) is 0 Å². The maximum Gasteiger partial charge on any atom is 0.221 e. The van der Waals surface area contributed by atoms with Crippen molar-refractivity contribution in [2.24, 2.45) is 5.92 Å². The van der Waals surface area contributed by atoms with Gasteiger partial charge in [-0.25, -0.2) is 0 Å². The van der Waals surface area contributed by atoms with Crippen LogP contribution in [0.1, 0.15) is 39.0 Å². The van der Waals surface area contributed by atoms with Crippen LogP contribution in [-0.4, -0.2) is 36.8 Å². The Morgan fingerprint density at radius 3 is 3.19 bits per heavy atom. The van der Waals surface area contributed by atoms with Gasteiger partial charge in [-0.3, -0.25) is 4.79 Å². The van der Waals surface area contributed by atoms with E-state index in [2.05, 4.69) is 17.6 Å². The van der Waals surface area contributed by atoms with Gasteiger partial charge in [0.05, 0.1) is 0 Å². The number of aliphatic hydroxyl groups is 1.